The first-order valence-corrected chi connectivity index (χ1v) is 4.95. The SMILES string of the molecule is Cc1ccc(N)cc1P(=O)(O)O. The molecule has 0 spiro atoms. The van der Waals surface area contributed by atoms with Crippen LogP contribution in [0.2, 0.25) is 0 Å². The molecule has 0 heterocycles. The fourth-order valence-corrected chi connectivity index (χ4v) is 1.79. The highest BCUT2D eigenvalue weighted by atomic mass is 31.2. The molecule has 0 fully saturated rings. The highest BCUT2D eigenvalue weighted by Gasteiger charge is 2.19. The molecule has 0 aliphatic carbocycles. The summed E-state index contributed by atoms with van der Waals surface area (Å²) < 4.78 is 10.8. The lowest BCUT2D eigenvalue weighted by Gasteiger charge is -2.07. The minimum absolute atomic E-state index is 0.00231. The lowest BCUT2D eigenvalue weighted by molar-refractivity contribution is 0.387. The van der Waals surface area contributed by atoms with Crippen molar-refractivity contribution >= 4 is 18.6 Å². The first-order valence-electron chi connectivity index (χ1n) is 3.33. The molecule has 5 heteroatoms. The predicted octanol–water partition coefficient (Wildman–Crippen LogP) is 0.380. The van der Waals surface area contributed by atoms with Gasteiger partial charge in [0.15, 0.2) is 0 Å². The van der Waals surface area contributed by atoms with Crippen LogP contribution in [-0.2, 0) is 4.57 Å². The van der Waals surface area contributed by atoms with Crippen molar-refractivity contribution in [1.82, 2.24) is 0 Å². The van der Waals surface area contributed by atoms with E-state index in [-0.39, 0.29) is 5.30 Å². The Morgan fingerprint density at radius 1 is 1.42 bits per heavy atom. The zero-order chi connectivity index (χ0) is 9.35. The molecule has 0 saturated carbocycles. The fourth-order valence-electron chi connectivity index (χ4n) is 0.940. The van der Waals surface area contributed by atoms with Gasteiger partial charge in [0.05, 0.1) is 5.30 Å². The van der Waals surface area contributed by atoms with Crippen LogP contribution in [0.3, 0.4) is 0 Å². The first kappa shape index (κ1) is 9.26. The molecule has 4 N–H and O–H groups in total. The van der Waals surface area contributed by atoms with Crippen LogP contribution in [0.1, 0.15) is 5.56 Å². The van der Waals surface area contributed by atoms with E-state index >= 15 is 0 Å². The molecule has 0 aliphatic rings. The van der Waals surface area contributed by atoms with E-state index in [9.17, 15) is 4.57 Å². The predicted molar refractivity (Wildman–Crippen MR) is 47.3 cm³/mol. The molecule has 0 atom stereocenters. The van der Waals surface area contributed by atoms with Crippen molar-refractivity contribution in [3.63, 3.8) is 0 Å². The van der Waals surface area contributed by atoms with E-state index in [0.717, 1.165) is 0 Å². The number of anilines is 1. The molecule has 0 radical (unpaired) electrons. The van der Waals surface area contributed by atoms with E-state index in [1.165, 1.54) is 6.07 Å². The molecule has 0 aromatic heterocycles. The lowest BCUT2D eigenvalue weighted by Crippen LogP contribution is -2.08. The second-order valence-electron chi connectivity index (χ2n) is 2.59. The molecule has 1 aromatic rings. The summed E-state index contributed by atoms with van der Waals surface area (Å²) in [4.78, 5) is 17.7. The molecule has 0 amide bonds. The van der Waals surface area contributed by atoms with E-state index in [0.29, 0.717) is 11.3 Å². The van der Waals surface area contributed by atoms with Crippen LogP contribution in [0.25, 0.3) is 0 Å². The molecular weight excluding hydrogens is 177 g/mol. The zero-order valence-corrected chi connectivity index (χ0v) is 7.45. The second kappa shape index (κ2) is 2.90. The van der Waals surface area contributed by atoms with E-state index in [4.69, 9.17) is 15.5 Å². The Balaban J connectivity index is 3.33. The topological polar surface area (TPSA) is 83.6 Å². The third kappa shape index (κ3) is 1.85. The number of nitrogens with two attached hydrogens (primary N) is 1. The van der Waals surface area contributed by atoms with Crippen molar-refractivity contribution in [2.45, 2.75) is 6.92 Å². The summed E-state index contributed by atoms with van der Waals surface area (Å²) >= 11 is 0. The largest absolute Gasteiger partial charge is 0.399 e. The van der Waals surface area contributed by atoms with Gasteiger partial charge in [0.1, 0.15) is 0 Å². The van der Waals surface area contributed by atoms with Gasteiger partial charge in [0.25, 0.3) is 0 Å². The third-order valence-electron chi connectivity index (χ3n) is 1.55. The molecule has 4 nitrogen and oxygen atoms in total. The smallest absolute Gasteiger partial charge is 0.356 e. The Hall–Kier alpha value is -0.830. The number of hydrogen-bond donors (Lipinski definition) is 3. The van der Waals surface area contributed by atoms with E-state index in [1.807, 2.05) is 0 Å². The quantitative estimate of drug-likeness (QED) is 0.438. The normalized spacial score (nSPS) is 11.6. The summed E-state index contributed by atoms with van der Waals surface area (Å²) in [6.45, 7) is 1.63. The number of nitrogen functional groups attached to an aromatic ring is 1. The Morgan fingerprint density at radius 3 is 2.42 bits per heavy atom. The van der Waals surface area contributed by atoms with Crippen molar-refractivity contribution in [1.29, 1.82) is 0 Å². The fraction of sp³-hybridized carbons (Fsp3) is 0.143. The standard InChI is InChI=1S/C7H10NO3P/c1-5-2-3-6(8)4-7(5)12(9,10)11/h2-4H,8H2,1H3,(H2,9,10,11). The van der Waals surface area contributed by atoms with Crippen molar-refractivity contribution in [3.05, 3.63) is 23.8 Å². The van der Waals surface area contributed by atoms with Gasteiger partial charge in [-0.05, 0) is 24.6 Å². The number of benzene rings is 1. The van der Waals surface area contributed by atoms with Crippen LogP contribution in [0, 0.1) is 6.92 Å². The van der Waals surface area contributed by atoms with Gasteiger partial charge in [-0.25, -0.2) is 0 Å². The van der Waals surface area contributed by atoms with Crippen molar-refractivity contribution in [2.24, 2.45) is 0 Å². The van der Waals surface area contributed by atoms with Crippen molar-refractivity contribution in [3.8, 4) is 0 Å². The van der Waals surface area contributed by atoms with Crippen molar-refractivity contribution in [2.75, 3.05) is 5.73 Å². The Labute approximate surface area is 70.2 Å². The zero-order valence-electron chi connectivity index (χ0n) is 6.56. The monoisotopic (exact) mass is 187 g/mol. The van der Waals surface area contributed by atoms with Gasteiger partial charge < -0.3 is 15.5 Å². The van der Waals surface area contributed by atoms with Crippen LogP contribution in [0.15, 0.2) is 18.2 Å². The molecule has 0 saturated heterocycles. The summed E-state index contributed by atoms with van der Waals surface area (Å²) in [5, 5.41) is 0.00231. The summed E-state index contributed by atoms with van der Waals surface area (Å²) in [5.74, 6) is 0. The van der Waals surface area contributed by atoms with Crippen LogP contribution >= 0.6 is 7.60 Å². The highest BCUT2D eigenvalue weighted by Crippen LogP contribution is 2.34. The summed E-state index contributed by atoms with van der Waals surface area (Å²) in [5.41, 5.74) is 6.29. The van der Waals surface area contributed by atoms with Gasteiger partial charge in [-0.3, -0.25) is 4.57 Å². The van der Waals surface area contributed by atoms with Gasteiger partial charge in [-0.15, -0.1) is 0 Å². The average molecular weight is 187 g/mol. The summed E-state index contributed by atoms with van der Waals surface area (Å²) in [7, 11) is -4.16. The molecule has 1 rings (SSSR count). The second-order valence-corrected chi connectivity index (χ2v) is 4.16. The molecule has 66 valence electrons. The molecule has 0 aliphatic heterocycles. The first-order chi connectivity index (χ1) is 5.41. The summed E-state index contributed by atoms with van der Waals surface area (Å²) in [6, 6.07) is 4.49. The van der Waals surface area contributed by atoms with Crippen LogP contribution in [0.5, 0.6) is 0 Å². The van der Waals surface area contributed by atoms with Crippen molar-refractivity contribution < 1.29 is 14.4 Å². The van der Waals surface area contributed by atoms with Gasteiger partial charge in [-0.2, -0.15) is 0 Å². The molecule has 0 unspecified atom stereocenters. The number of hydrogen-bond acceptors (Lipinski definition) is 2. The maximum atomic E-state index is 10.8. The maximum Gasteiger partial charge on any atom is 0.356 e. The minimum atomic E-state index is -4.16. The molecule has 0 bridgehead atoms. The van der Waals surface area contributed by atoms with Gasteiger partial charge in [-0.1, -0.05) is 6.07 Å². The molecule has 1 aromatic carbocycles. The summed E-state index contributed by atoms with van der Waals surface area (Å²) in [6.07, 6.45) is 0. The van der Waals surface area contributed by atoms with E-state index in [2.05, 4.69) is 0 Å². The third-order valence-corrected chi connectivity index (χ3v) is 2.66. The van der Waals surface area contributed by atoms with E-state index in [1.54, 1.807) is 19.1 Å². The average Bonchev–Trinajstić information content (AvgIpc) is 1.92. The number of aryl methyl sites for hydroxylation is 1. The van der Waals surface area contributed by atoms with Gasteiger partial charge in [0.2, 0.25) is 0 Å². The highest BCUT2D eigenvalue weighted by molar-refractivity contribution is 7.60. The minimum Gasteiger partial charge on any atom is -0.399 e. The number of rotatable bonds is 1. The van der Waals surface area contributed by atoms with Crippen LogP contribution in [0.4, 0.5) is 5.69 Å². The van der Waals surface area contributed by atoms with Gasteiger partial charge >= 0.3 is 7.60 Å². The Kier molecular flexibility index (Phi) is 2.24. The Morgan fingerprint density at radius 2 is 2.00 bits per heavy atom. The Bertz CT molecular complexity index is 345. The van der Waals surface area contributed by atoms with Gasteiger partial charge in [0, 0.05) is 5.69 Å². The lowest BCUT2D eigenvalue weighted by atomic mass is 10.2. The maximum absolute atomic E-state index is 10.8. The molecular formula is C7H10NO3P. The molecule has 12 heavy (non-hydrogen) atoms. The van der Waals surface area contributed by atoms with Crippen LogP contribution < -0.4 is 11.0 Å². The van der Waals surface area contributed by atoms with Crippen LogP contribution in [-0.4, -0.2) is 9.79 Å². The van der Waals surface area contributed by atoms with E-state index < -0.39 is 7.60 Å².